The van der Waals surface area contributed by atoms with E-state index in [0.29, 0.717) is 11.1 Å². The summed E-state index contributed by atoms with van der Waals surface area (Å²) in [7, 11) is 0. The smallest absolute Gasteiger partial charge is 0.233 e. The fraction of sp³-hybridized carbons (Fsp3) is 0.333. The first kappa shape index (κ1) is 11.8. The molecule has 2 rings (SSSR count). The Bertz CT molecular complexity index is 548. The summed E-state index contributed by atoms with van der Waals surface area (Å²) >= 11 is 0. The molecular weight excluding hydrogens is 212 g/mol. The first-order valence-corrected chi connectivity index (χ1v) is 5.85. The molecule has 0 bridgehead atoms. The highest BCUT2D eigenvalue weighted by molar-refractivity contribution is 6.52. The van der Waals surface area contributed by atoms with E-state index in [9.17, 15) is 9.59 Å². The van der Waals surface area contributed by atoms with Crippen molar-refractivity contribution in [1.29, 1.82) is 0 Å². The summed E-state index contributed by atoms with van der Waals surface area (Å²) in [6, 6.07) is 5.54. The van der Waals surface area contributed by atoms with Gasteiger partial charge in [0.05, 0.1) is 0 Å². The average Bonchev–Trinajstić information content (AvgIpc) is 2.25. The first-order chi connectivity index (χ1) is 7.95. The van der Waals surface area contributed by atoms with E-state index in [1.54, 1.807) is 6.07 Å². The van der Waals surface area contributed by atoms with Gasteiger partial charge in [0.15, 0.2) is 0 Å². The summed E-state index contributed by atoms with van der Waals surface area (Å²) < 4.78 is 0. The number of fused-ring (bicyclic) bond motifs is 1. The van der Waals surface area contributed by atoms with Crippen molar-refractivity contribution in [3.8, 4) is 0 Å². The molecule has 0 spiro atoms. The van der Waals surface area contributed by atoms with Crippen LogP contribution in [0.4, 0.5) is 0 Å². The summed E-state index contributed by atoms with van der Waals surface area (Å²) in [4.78, 5) is 24.1. The molecule has 0 radical (unpaired) electrons. The lowest BCUT2D eigenvalue weighted by Crippen LogP contribution is -2.26. The fourth-order valence-electron chi connectivity index (χ4n) is 2.60. The minimum Gasteiger partial charge on any atom is -0.285 e. The van der Waals surface area contributed by atoms with Crippen LogP contribution < -0.4 is 0 Å². The Balaban J connectivity index is 2.81. The number of hydrogen-bond donors (Lipinski definition) is 0. The van der Waals surface area contributed by atoms with E-state index in [1.165, 1.54) is 0 Å². The van der Waals surface area contributed by atoms with Crippen molar-refractivity contribution in [2.45, 2.75) is 27.7 Å². The van der Waals surface area contributed by atoms with Crippen molar-refractivity contribution < 1.29 is 9.59 Å². The highest BCUT2D eigenvalue weighted by Crippen LogP contribution is 2.34. The van der Waals surface area contributed by atoms with Gasteiger partial charge in [-0.05, 0) is 36.5 Å². The van der Waals surface area contributed by atoms with Crippen LogP contribution in [0.5, 0.6) is 0 Å². The third kappa shape index (κ3) is 1.64. The molecule has 1 aliphatic rings. The molecule has 0 unspecified atom stereocenters. The minimum atomic E-state index is -0.363. The predicted molar refractivity (Wildman–Crippen MR) is 67.9 cm³/mol. The van der Waals surface area contributed by atoms with Crippen molar-refractivity contribution in [1.82, 2.24) is 0 Å². The molecule has 2 heteroatoms. The lowest BCUT2D eigenvalue weighted by atomic mass is 9.79. The Morgan fingerprint density at radius 3 is 2.24 bits per heavy atom. The number of benzene rings is 1. The summed E-state index contributed by atoms with van der Waals surface area (Å²) in [6.07, 6.45) is 0. The van der Waals surface area contributed by atoms with E-state index >= 15 is 0 Å². The van der Waals surface area contributed by atoms with Crippen molar-refractivity contribution >= 4 is 17.1 Å². The summed E-state index contributed by atoms with van der Waals surface area (Å²) in [5.41, 5.74) is 4.17. The SMILES string of the molecule is CC1=C(C(C)C)C(=O)C(=O)c2cccc(C)c21. The molecule has 0 aliphatic heterocycles. The van der Waals surface area contributed by atoms with Crippen molar-refractivity contribution in [2.24, 2.45) is 5.92 Å². The number of aryl methyl sites for hydroxylation is 1. The van der Waals surface area contributed by atoms with Crippen LogP contribution in [0.2, 0.25) is 0 Å². The largest absolute Gasteiger partial charge is 0.285 e. The Morgan fingerprint density at radius 2 is 1.65 bits per heavy atom. The number of carbonyl (C=O) groups excluding carboxylic acids is 2. The minimum absolute atomic E-state index is 0.0826. The molecule has 1 aliphatic carbocycles. The Morgan fingerprint density at radius 1 is 1.00 bits per heavy atom. The van der Waals surface area contributed by atoms with Gasteiger partial charge in [-0.3, -0.25) is 9.59 Å². The zero-order valence-electron chi connectivity index (χ0n) is 10.6. The van der Waals surface area contributed by atoms with Crippen molar-refractivity contribution in [2.75, 3.05) is 0 Å². The van der Waals surface area contributed by atoms with E-state index in [2.05, 4.69) is 0 Å². The Labute approximate surface area is 101 Å². The topological polar surface area (TPSA) is 34.1 Å². The molecule has 0 fully saturated rings. The molecule has 17 heavy (non-hydrogen) atoms. The van der Waals surface area contributed by atoms with Gasteiger partial charge in [-0.15, -0.1) is 0 Å². The zero-order valence-corrected chi connectivity index (χ0v) is 10.6. The number of Topliss-reactive ketones (excluding diaryl/α,β-unsaturated/α-hetero) is 2. The van der Waals surface area contributed by atoms with Crippen LogP contribution >= 0.6 is 0 Å². The second-order valence-electron chi connectivity index (χ2n) is 4.85. The van der Waals surface area contributed by atoms with Gasteiger partial charge in [0.1, 0.15) is 0 Å². The third-order valence-corrected chi connectivity index (χ3v) is 3.32. The highest BCUT2D eigenvalue weighted by Gasteiger charge is 2.32. The molecule has 2 nitrogen and oxygen atoms in total. The van der Waals surface area contributed by atoms with Crippen LogP contribution in [-0.4, -0.2) is 11.6 Å². The van der Waals surface area contributed by atoms with Crippen LogP contribution in [0.3, 0.4) is 0 Å². The normalized spacial score (nSPS) is 15.6. The molecule has 0 saturated carbocycles. The van der Waals surface area contributed by atoms with Gasteiger partial charge in [-0.2, -0.15) is 0 Å². The number of allylic oxidation sites excluding steroid dienone is 2. The van der Waals surface area contributed by atoms with Gasteiger partial charge in [-0.1, -0.05) is 32.0 Å². The lowest BCUT2D eigenvalue weighted by Gasteiger charge is -2.23. The van der Waals surface area contributed by atoms with Crippen LogP contribution in [0.25, 0.3) is 5.57 Å². The van der Waals surface area contributed by atoms with Gasteiger partial charge in [-0.25, -0.2) is 0 Å². The standard InChI is InChI=1S/C15H16O2/c1-8(2)12-10(4)13-9(3)6-5-7-11(13)14(16)15(12)17/h5-8H,1-4H3. The van der Waals surface area contributed by atoms with Gasteiger partial charge in [0.2, 0.25) is 11.6 Å². The maximum atomic E-state index is 12.0. The average molecular weight is 228 g/mol. The maximum Gasteiger partial charge on any atom is 0.233 e. The quantitative estimate of drug-likeness (QED) is 0.692. The van der Waals surface area contributed by atoms with Crippen molar-refractivity contribution in [3.63, 3.8) is 0 Å². The first-order valence-electron chi connectivity index (χ1n) is 5.85. The molecule has 0 saturated heterocycles. The highest BCUT2D eigenvalue weighted by atomic mass is 16.2. The zero-order chi connectivity index (χ0) is 12.7. The summed E-state index contributed by atoms with van der Waals surface area (Å²) in [5, 5.41) is 0. The van der Waals surface area contributed by atoms with Gasteiger partial charge >= 0.3 is 0 Å². The van der Waals surface area contributed by atoms with Gasteiger partial charge in [0, 0.05) is 11.1 Å². The van der Waals surface area contributed by atoms with Crippen LogP contribution in [-0.2, 0) is 4.79 Å². The molecule has 0 heterocycles. The van der Waals surface area contributed by atoms with Crippen LogP contribution in [0, 0.1) is 12.8 Å². The number of hydrogen-bond acceptors (Lipinski definition) is 2. The molecule has 0 N–H and O–H groups in total. The van der Waals surface area contributed by atoms with Crippen LogP contribution in [0.15, 0.2) is 23.8 Å². The van der Waals surface area contributed by atoms with E-state index < -0.39 is 0 Å². The lowest BCUT2D eigenvalue weighted by molar-refractivity contribution is -0.112. The van der Waals surface area contributed by atoms with E-state index in [-0.39, 0.29) is 17.5 Å². The second kappa shape index (κ2) is 3.95. The fourth-order valence-corrected chi connectivity index (χ4v) is 2.60. The third-order valence-electron chi connectivity index (χ3n) is 3.32. The number of ketones is 2. The summed E-state index contributed by atoms with van der Waals surface area (Å²) in [5.74, 6) is -0.618. The molecule has 1 aromatic carbocycles. The summed E-state index contributed by atoms with van der Waals surface area (Å²) in [6.45, 7) is 7.81. The number of rotatable bonds is 1. The molecule has 0 amide bonds. The van der Waals surface area contributed by atoms with Gasteiger partial charge < -0.3 is 0 Å². The maximum absolute atomic E-state index is 12.0. The molecular formula is C15H16O2. The molecule has 0 atom stereocenters. The molecule has 0 aromatic heterocycles. The van der Waals surface area contributed by atoms with Crippen molar-refractivity contribution in [3.05, 3.63) is 40.5 Å². The monoisotopic (exact) mass is 228 g/mol. The Kier molecular flexibility index (Phi) is 2.74. The number of carbonyl (C=O) groups is 2. The molecule has 1 aromatic rings. The van der Waals surface area contributed by atoms with E-state index in [0.717, 1.165) is 16.7 Å². The van der Waals surface area contributed by atoms with Crippen LogP contribution in [0.1, 0.15) is 42.3 Å². The Hall–Kier alpha value is -1.70. The predicted octanol–water partition coefficient (Wildman–Crippen LogP) is 3.19. The van der Waals surface area contributed by atoms with Gasteiger partial charge in [0.25, 0.3) is 0 Å². The van der Waals surface area contributed by atoms with E-state index in [4.69, 9.17) is 0 Å². The molecule has 88 valence electrons. The van der Waals surface area contributed by atoms with E-state index in [1.807, 2.05) is 39.8 Å². The second-order valence-corrected chi connectivity index (χ2v) is 4.85.